The topological polar surface area (TPSA) is 46.5 Å². The zero-order valence-corrected chi connectivity index (χ0v) is 11.7. The highest BCUT2D eigenvalue weighted by molar-refractivity contribution is 6.31. The van der Waals surface area contributed by atoms with Crippen LogP contribution in [0.15, 0.2) is 48.5 Å². The largest absolute Gasteiger partial charge is 0.488 e. The molecule has 0 aliphatic carbocycles. The summed E-state index contributed by atoms with van der Waals surface area (Å²) in [6.45, 7) is -0.0383. The third-order valence-corrected chi connectivity index (χ3v) is 3.11. The van der Waals surface area contributed by atoms with Gasteiger partial charge in [-0.15, -0.1) is 0 Å². The average molecular weight is 307 g/mol. The molecule has 0 radical (unpaired) electrons. The van der Waals surface area contributed by atoms with Crippen LogP contribution in [0.2, 0.25) is 5.02 Å². The standard InChI is InChI=1S/C16H12ClFO3/c17-13-5-3-6-14(18)12(13)10-21-15-7-2-1-4-11(15)8-9-16(19)20/h1-9H,10H2,(H,19,20). The van der Waals surface area contributed by atoms with E-state index < -0.39 is 11.8 Å². The van der Waals surface area contributed by atoms with Crippen molar-refractivity contribution in [3.8, 4) is 5.75 Å². The number of carboxylic acid groups (broad SMARTS) is 1. The van der Waals surface area contributed by atoms with E-state index in [1.165, 1.54) is 18.2 Å². The van der Waals surface area contributed by atoms with Crippen molar-refractivity contribution >= 4 is 23.6 Å². The van der Waals surface area contributed by atoms with Crippen LogP contribution in [-0.4, -0.2) is 11.1 Å². The fourth-order valence-corrected chi connectivity index (χ4v) is 1.95. The van der Waals surface area contributed by atoms with Crippen molar-refractivity contribution < 1.29 is 19.0 Å². The van der Waals surface area contributed by atoms with Crippen molar-refractivity contribution in [1.82, 2.24) is 0 Å². The molecule has 0 aliphatic heterocycles. The summed E-state index contributed by atoms with van der Waals surface area (Å²) in [5.41, 5.74) is 0.851. The van der Waals surface area contributed by atoms with Crippen molar-refractivity contribution in [2.24, 2.45) is 0 Å². The van der Waals surface area contributed by atoms with Gasteiger partial charge in [0.25, 0.3) is 0 Å². The summed E-state index contributed by atoms with van der Waals surface area (Å²) in [5, 5.41) is 8.94. The van der Waals surface area contributed by atoms with E-state index in [1.807, 2.05) is 0 Å². The number of carboxylic acids is 1. The van der Waals surface area contributed by atoms with E-state index in [9.17, 15) is 9.18 Å². The Hall–Kier alpha value is -2.33. The number of ether oxygens (including phenoxy) is 1. The molecule has 0 unspecified atom stereocenters. The summed E-state index contributed by atoms with van der Waals surface area (Å²) in [7, 11) is 0. The van der Waals surface area contributed by atoms with E-state index in [0.717, 1.165) is 6.08 Å². The highest BCUT2D eigenvalue weighted by Crippen LogP contribution is 2.24. The second-order valence-corrected chi connectivity index (χ2v) is 4.61. The predicted octanol–water partition coefficient (Wildman–Crippen LogP) is 4.16. The Bertz CT molecular complexity index is 663. The molecule has 0 aliphatic rings. The van der Waals surface area contributed by atoms with E-state index in [2.05, 4.69) is 0 Å². The lowest BCUT2D eigenvalue weighted by Gasteiger charge is -2.11. The van der Waals surface area contributed by atoms with Crippen LogP contribution in [0, 0.1) is 5.82 Å². The van der Waals surface area contributed by atoms with Gasteiger partial charge >= 0.3 is 5.97 Å². The molecule has 2 aromatic rings. The van der Waals surface area contributed by atoms with Crippen molar-refractivity contribution in [1.29, 1.82) is 0 Å². The summed E-state index contributed by atoms with van der Waals surface area (Å²) >= 11 is 5.93. The second-order valence-electron chi connectivity index (χ2n) is 4.20. The number of halogens is 2. The summed E-state index contributed by atoms with van der Waals surface area (Å²) < 4.78 is 19.2. The summed E-state index contributed by atoms with van der Waals surface area (Å²) in [6, 6.07) is 11.3. The lowest BCUT2D eigenvalue weighted by Crippen LogP contribution is -2.00. The summed E-state index contributed by atoms with van der Waals surface area (Å²) in [6.07, 6.45) is 2.43. The second kappa shape index (κ2) is 6.90. The smallest absolute Gasteiger partial charge is 0.328 e. The van der Waals surface area contributed by atoms with Gasteiger partial charge in [-0.25, -0.2) is 9.18 Å². The normalized spacial score (nSPS) is 10.8. The molecule has 2 rings (SSSR count). The molecule has 3 nitrogen and oxygen atoms in total. The first-order chi connectivity index (χ1) is 10.1. The average Bonchev–Trinajstić information content (AvgIpc) is 2.45. The molecule has 0 saturated carbocycles. The zero-order valence-electron chi connectivity index (χ0n) is 10.9. The first-order valence-electron chi connectivity index (χ1n) is 6.13. The van der Waals surface area contributed by atoms with Crippen LogP contribution < -0.4 is 4.74 Å². The quantitative estimate of drug-likeness (QED) is 0.844. The van der Waals surface area contributed by atoms with Crippen LogP contribution in [0.3, 0.4) is 0 Å². The highest BCUT2D eigenvalue weighted by Gasteiger charge is 2.08. The minimum absolute atomic E-state index is 0.0383. The SMILES string of the molecule is O=C(O)C=Cc1ccccc1OCc1c(F)cccc1Cl. The van der Waals surface area contributed by atoms with Crippen molar-refractivity contribution in [3.63, 3.8) is 0 Å². The number of benzene rings is 2. The number of rotatable bonds is 5. The molecule has 0 spiro atoms. The maximum Gasteiger partial charge on any atom is 0.328 e. The maximum atomic E-state index is 13.7. The summed E-state index contributed by atoms with van der Waals surface area (Å²) in [5.74, 6) is -1.04. The minimum atomic E-state index is -1.05. The fraction of sp³-hybridized carbons (Fsp3) is 0.0625. The van der Waals surface area contributed by atoms with Gasteiger partial charge in [-0.05, 0) is 24.3 Å². The first kappa shape index (κ1) is 15.1. The molecule has 0 fully saturated rings. The van der Waals surface area contributed by atoms with Gasteiger partial charge in [-0.2, -0.15) is 0 Å². The lowest BCUT2D eigenvalue weighted by atomic mass is 10.2. The Kier molecular flexibility index (Phi) is 4.95. The molecule has 0 saturated heterocycles. The number of para-hydroxylation sites is 1. The van der Waals surface area contributed by atoms with Gasteiger partial charge < -0.3 is 9.84 Å². The monoisotopic (exact) mass is 306 g/mol. The van der Waals surface area contributed by atoms with E-state index >= 15 is 0 Å². The van der Waals surface area contributed by atoms with E-state index in [4.69, 9.17) is 21.4 Å². The third kappa shape index (κ3) is 4.07. The third-order valence-electron chi connectivity index (χ3n) is 2.76. The van der Waals surface area contributed by atoms with Crippen LogP contribution >= 0.6 is 11.6 Å². The Morgan fingerprint density at radius 3 is 2.71 bits per heavy atom. The molecular weight excluding hydrogens is 295 g/mol. The van der Waals surface area contributed by atoms with Crippen LogP contribution in [0.4, 0.5) is 4.39 Å². The van der Waals surface area contributed by atoms with Gasteiger partial charge in [0, 0.05) is 17.2 Å². The molecule has 108 valence electrons. The van der Waals surface area contributed by atoms with Crippen molar-refractivity contribution in [2.45, 2.75) is 6.61 Å². The molecule has 0 aromatic heterocycles. The Labute approximate surface area is 126 Å². The fourth-order valence-electron chi connectivity index (χ4n) is 1.73. The van der Waals surface area contributed by atoms with E-state index in [1.54, 1.807) is 30.3 Å². The van der Waals surface area contributed by atoms with Gasteiger partial charge in [0.05, 0.1) is 5.02 Å². The van der Waals surface area contributed by atoms with E-state index in [-0.39, 0.29) is 17.2 Å². The molecule has 0 amide bonds. The van der Waals surface area contributed by atoms with Gasteiger partial charge in [-0.1, -0.05) is 35.9 Å². The Morgan fingerprint density at radius 1 is 1.24 bits per heavy atom. The predicted molar refractivity (Wildman–Crippen MR) is 78.9 cm³/mol. The van der Waals surface area contributed by atoms with Crippen molar-refractivity contribution in [2.75, 3.05) is 0 Å². The number of hydrogen-bond donors (Lipinski definition) is 1. The number of carbonyl (C=O) groups is 1. The van der Waals surface area contributed by atoms with Gasteiger partial charge in [-0.3, -0.25) is 0 Å². The summed E-state index contributed by atoms with van der Waals surface area (Å²) in [4.78, 5) is 10.6. The first-order valence-corrected chi connectivity index (χ1v) is 6.51. The molecule has 2 aromatic carbocycles. The van der Waals surface area contributed by atoms with Crippen LogP contribution in [0.5, 0.6) is 5.75 Å². The Balaban J connectivity index is 2.19. The number of hydrogen-bond acceptors (Lipinski definition) is 2. The van der Waals surface area contributed by atoms with Crippen LogP contribution in [0.25, 0.3) is 6.08 Å². The Morgan fingerprint density at radius 2 is 2.00 bits per heavy atom. The van der Waals surface area contributed by atoms with Gasteiger partial charge in [0.2, 0.25) is 0 Å². The van der Waals surface area contributed by atoms with Crippen molar-refractivity contribution in [3.05, 3.63) is 70.5 Å². The van der Waals surface area contributed by atoms with Crippen LogP contribution in [-0.2, 0) is 11.4 Å². The molecule has 0 bridgehead atoms. The van der Waals surface area contributed by atoms with Gasteiger partial charge in [0.15, 0.2) is 0 Å². The maximum absolute atomic E-state index is 13.7. The molecule has 21 heavy (non-hydrogen) atoms. The molecule has 0 heterocycles. The lowest BCUT2D eigenvalue weighted by molar-refractivity contribution is -0.131. The van der Waals surface area contributed by atoms with Gasteiger partial charge in [0.1, 0.15) is 18.2 Å². The van der Waals surface area contributed by atoms with E-state index in [0.29, 0.717) is 11.3 Å². The highest BCUT2D eigenvalue weighted by atomic mass is 35.5. The minimum Gasteiger partial charge on any atom is -0.488 e. The molecule has 0 atom stereocenters. The molecule has 5 heteroatoms. The number of aliphatic carboxylic acids is 1. The zero-order chi connectivity index (χ0) is 15.2. The van der Waals surface area contributed by atoms with Crippen LogP contribution in [0.1, 0.15) is 11.1 Å². The molecular formula is C16H12ClFO3. The molecule has 1 N–H and O–H groups in total.